The summed E-state index contributed by atoms with van der Waals surface area (Å²) in [6.07, 6.45) is 6.48. The van der Waals surface area contributed by atoms with Crippen molar-refractivity contribution in [3.05, 3.63) is 48.3 Å². The van der Waals surface area contributed by atoms with Gasteiger partial charge in [-0.15, -0.1) is 0 Å². The highest BCUT2D eigenvalue weighted by Gasteiger charge is 2.21. The highest BCUT2D eigenvalue weighted by atomic mass is 16.1. The third-order valence-corrected chi connectivity index (χ3v) is 3.45. The maximum absolute atomic E-state index is 12.2. The van der Waals surface area contributed by atoms with Crippen LogP contribution in [0.3, 0.4) is 0 Å². The van der Waals surface area contributed by atoms with Crippen LogP contribution in [0.4, 0.5) is 0 Å². The van der Waals surface area contributed by atoms with Gasteiger partial charge in [0.25, 0.3) is 0 Å². The topological polar surface area (TPSA) is 59.8 Å². The molecule has 112 valence electrons. The number of carbonyl (C=O) groups excluding carboxylic acids is 1. The van der Waals surface area contributed by atoms with Gasteiger partial charge in [0.1, 0.15) is 5.82 Å². The molecule has 0 saturated heterocycles. The van der Waals surface area contributed by atoms with Gasteiger partial charge in [-0.05, 0) is 24.5 Å². The molecule has 2 aromatic rings. The summed E-state index contributed by atoms with van der Waals surface area (Å²) in [7, 11) is 1.94. The molecule has 0 aliphatic heterocycles. The van der Waals surface area contributed by atoms with E-state index in [1.54, 1.807) is 12.4 Å². The zero-order chi connectivity index (χ0) is 15.2. The van der Waals surface area contributed by atoms with Gasteiger partial charge in [0.15, 0.2) is 0 Å². The SMILES string of the molecule is CC(C)[C@H](NC(=O)CCc1ccccn1)c1nccn1C. The monoisotopic (exact) mass is 286 g/mol. The second-order valence-corrected chi connectivity index (χ2v) is 5.51. The maximum atomic E-state index is 12.2. The Hall–Kier alpha value is -2.17. The Morgan fingerprint density at radius 1 is 1.29 bits per heavy atom. The molecule has 0 spiro atoms. The van der Waals surface area contributed by atoms with Crippen molar-refractivity contribution in [2.75, 3.05) is 0 Å². The molecule has 21 heavy (non-hydrogen) atoms. The van der Waals surface area contributed by atoms with Crippen LogP contribution in [-0.4, -0.2) is 20.4 Å². The lowest BCUT2D eigenvalue weighted by Crippen LogP contribution is -2.33. The smallest absolute Gasteiger partial charge is 0.220 e. The minimum Gasteiger partial charge on any atom is -0.346 e. The van der Waals surface area contributed by atoms with Crippen molar-refractivity contribution < 1.29 is 4.79 Å². The first-order valence-electron chi connectivity index (χ1n) is 7.24. The minimum atomic E-state index is -0.0683. The van der Waals surface area contributed by atoms with Gasteiger partial charge in [0, 0.05) is 37.8 Å². The Morgan fingerprint density at radius 3 is 2.67 bits per heavy atom. The van der Waals surface area contributed by atoms with E-state index in [-0.39, 0.29) is 17.9 Å². The van der Waals surface area contributed by atoms with Crippen molar-refractivity contribution in [2.24, 2.45) is 13.0 Å². The summed E-state index contributed by atoms with van der Waals surface area (Å²) in [4.78, 5) is 20.7. The standard InChI is InChI=1S/C16H22N4O/c1-12(2)15(16-18-10-11-20(16)3)19-14(21)8-7-13-6-4-5-9-17-13/h4-6,9-12,15H,7-8H2,1-3H3,(H,19,21)/t15-/m0/s1. The number of imidazole rings is 1. The predicted molar refractivity (Wildman–Crippen MR) is 81.5 cm³/mol. The van der Waals surface area contributed by atoms with Gasteiger partial charge in [-0.3, -0.25) is 9.78 Å². The van der Waals surface area contributed by atoms with E-state index in [1.807, 2.05) is 36.0 Å². The van der Waals surface area contributed by atoms with Gasteiger partial charge >= 0.3 is 0 Å². The number of nitrogens with one attached hydrogen (secondary N) is 1. The number of aromatic nitrogens is 3. The van der Waals surface area contributed by atoms with Crippen LogP contribution in [-0.2, 0) is 18.3 Å². The van der Waals surface area contributed by atoms with Gasteiger partial charge in [-0.1, -0.05) is 19.9 Å². The minimum absolute atomic E-state index is 0.0300. The number of hydrogen-bond acceptors (Lipinski definition) is 3. The molecule has 2 rings (SSSR count). The molecule has 0 radical (unpaired) electrons. The van der Waals surface area contributed by atoms with Gasteiger partial charge in [0.05, 0.1) is 6.04 Å². The van der Waals surface area contributed by atoms with E-state index in [9.17, 15) is 4.79 Å². The summed E-state index contributed by atoms with van der Waals surface area (Å²) in [6.45, 7) is 4.16. The number of nitrogens with zero attached hydrogens (tertiary/aromatic N) is 3. The van der Waals surface area contributed by atoms with Crippen LogP contribution < -0.4 is 5.32 Å². The Bertz CT molecular complexity index is 577. The summed E-state index contributed by atoms with van der Waals surface area (Å²) in [6, 6.07) is 5.68. The number of aryl methyl sites for hydroxylation is 2. The molecule has 0 bridgehead atoms. The molecule has 1 N–H and O–H groups in total. The molecule has 0 aliphatic carbocycles. The third-order valence-electron chi connectivity index (χ3n) is 3.45. The number of amides is 1. The molecular weight excluding hydrogens is 264 g/mol. The van der Waals surface area contributed by atoms with E-state index >= 15 is 0 Å². The van der Waals surface area contributed by atoms with Crippen LogP contribution in [0.25, 0.3) is 0 Å². The lowest BCUT2D eigenvalue weighted by molar-refractivity contribution is -0.122. The molecule has 0 aromatic carbocycles. The fourth-order valence-corrected chi connectivity index (χ4v) is 2.24. The predicted octanol–water partition coefficient (Wildman–Crippen LogP) is 2.26. The third kappa shape index (κ3) is 4.15. The van der Waals surface area contributed by atoms with E-state index < -0.39 is 0 Å². The first kappa shape index (κ1) is 15.2. The molecule has 1 amide bonds. The van der Waals surface area contributed by atoms with E-state index in [4.69, 9.17) is 0 Å². The van der Waals surface area contributed by atoms with Crippen LogP contribution in [0.15, 0.2) is 36.8 Å². The fourth-order valence-electron chi connectivity index (χ4n) is 2.24. The fraction of sp³-hybridized carbons (Fsp3) is 0.438. The summed E-state index contributed by atoms with van der Waals surface area (Å²) in [5, 5.41) is 3.08. The van der Waals surface area contributed by atoms with Crippen molar-refractivity contribution in [3.8, 4) is 0 Å². The van der Waals surface area contributed by atoms with Crippen LogP contribution in [0.1, 0.15) is 37.8 Å². The first-order valence-corrected chi connectivity index (χ1v) is 7.24. The molecule has 0 aliphatic rings. The summed E-state index contributed by atoms with van der Waals surface area (Å²) in [5.74, 6) is 1.20. The Balaban J connectivity index is 1.95. The van der Waals surface area contributed by atoms with E-state index in [0.29, 0.717) is 12.8 Å². The molecule has 5 heteroatoms. The molecule has 0 unspecified atom stereocenters. The van der Waals surface area contributed by atoms with Crippen LogP contribution in [0.5, 0.6) is 0 Å². The lowest BCUT2D eigenvalue weighted by Gasteiger charge is -2.22. The molecule has 1 atom stereocenters. The quantitative estimate of drug-likeness (QED) is 0.886. The van der Waals surface area contributed by atoms with Crippen LogP contribution >= 0.6 is 0 Å². The molecule has 0 fully saturated rings. The second kappa shape index (κ2) is 7.02. The second-order valence-electron chi connectivity index (χ2n) is 5.51. The molecule has 2 aromatic heterocycles. The van der Waals surface area contributed by atoms with E-state index in [2.05, 4.69) is 29.1 Å². The Labute approximate surface area is 125 Å². The van der Waals surface area contributed by atoms with Gasteiger partial charge in [-0.2, -0.15) is 0 Å². The van der Waals surface area contributed by atoms with Crippen molar-refractivity contribution >= 4 is 5.91 Å². The largest absolute Gasteiger partial charge is 0.346 e. The highest BCUT2D eigenvalue weighted by molar-refractivity contribution is 5.76. The summed E-state index contributed by atoms with van der Waals surface area (Å²) in [5.41, 5.74) is 0.936. The Morgan fingerprint density at radius 2 is 2.10 bits per heavy atom. The zero-order valence-electron chi connectivity index (χ0n) is 12.8. The molecule has 5 nitrogen and oxygen atoms in total. The highest BCUT2D eigenvalue weighted by Crippen LogP contribution is 2.19. The van der Waals surface area contributed by atoms with Gasteiger partial charge in [-0.25, -0.2) is 4.98 Å². The van der Waals surface area contributed by atoms with E-state index in [1.165, 1.54) is 0 Å². The summed E-state index contributed by atoms with van der Waals surface area (Å²) < 4.78 is 1.95. The average molecular weight is 286 g/mol. The van der Waals surface area contributed by atoms with Crippen molar-refractivity contribution in [2.45, 2.75) is 32.7 Å². The Kier molecular flexibility index (Phi) is 5.09. The molecular formula is C16H22N4O. The summed E-state index contributed by atoms with van der Waals surface area (Å²) >= 11 is 0. The van der Waals surface area contributed by atoms with Crippen LogP contribution in [0, 0.1) is 5.92 Å². The lowest BCUT2D eigenvalue weighted by atomic mass is 10.0. The van der Waals surface area contributed by atoms with Crippen molar-refractivity contribution in [1.82, 2.24) is 19.9 Å². The first-order chi connectivity index (χ1) is 10.1. The van der Waals surface area contributed by atoms with Crippen molar-refractivity contribution in [3.63, 3.8) is 0 Å². The van der Waals surface area contributed by atoms with Gasteiger partial charge < -0.3 is 9.88 Å². The number of carbonyl (C=O) groups is 1. The maximum Gasteiger partial charge on any atom is 0.220 e. The normalized spacial score (nSPS) is 12.4. The number of hydrogen-bond donors (Lipinski definition) is 1. The van der Waals surface area contributed by atoms with Gasteiger partial charge in [0.2, 0.25) is 5.91 Å². The van der Waals surface area contributed by atoms with Crippen molar-refractivity contribution in [1.29, 1.82) is 0 Å². The van der Waals surface area contributed by atoms with E-state index in [0.717, 1.165) is 11.5 Å². The zero-order valence-corrected chi connectivity index (χ0v) is 12.8. The van der Waals surface area contributed by atoms with Crippen LogP contribution in [0.2, 0.25) is 0 Å². The average Bonchev–Trinajstić information content (AvgIpc) is 2.89. The number of rotatable bonds is 6. The number of pyridine rings is 1. The molecule has 0 saturated carbocycles. The molecule has 2 heterocycles.